The van der Waals surface area contributed by atoms with Crippen LogP contribution in [0.4, 0.5) is 5.69 Å². The molecule has 0 unspecified atom stereocenters. The highest BCUT2D eigenvalue weighted by Gasteiger charge is 2.14. The molecule has 0 atom stereocenters. The van der Waals surface area contributed by atoms with Crippen molar-refractivity contribution in [3.63, 3.8) is 0 Å². The normalized spacial score (nSPS) is 11.0. The summed E-state index contributed by atoms with van der Waals surface area (Å²) in [5, 5.41) is 7.84. The molecule has 2 aromatic rings. The summed E-state index contributed by atoms with van der Waals surface area (Å²) < 4.78 is 33.5. The topological polar surface area (TPSA) is 108 Å². The van der Waals surface area contributed by atoms with Gasteiger partial charge < -0.3 is 14.8 Å². The van der Waals surface area contributed by atoms with Gasteiger partial charge in [-0.25, -0.2) is 13.6 Å². The number of methoxy groups -OCH3 is 2. The van der Waals surface area contributed by atoms with Crippen LogP contribution < -0.4 is 19.9 Å². The first kappa shape index (κ1) is 18.8. The second kappa shape index (κ2) is 7.54. The fourth-order valence-electron chi connectivity index (χ4n) is 2.37. The molecule has 0 fully saturated rings. The van der Waals surface area contributed by atoms with Gasteiger partial charge in [-0.1, -0.05) is 12.1 Å². The van der Waals surface area contributed by atoms with E-state index in [9.17, 15) is 13.2 Å². The van der Waals surface area contributed by atoms with Crippen molar-refractivity contribution in [3.8, 4) is 11.5 Å². The first-order valence-electron chi connectivity index (χ1n) is 7.39. The van der Waals surface area contributed by atoms with E-state index in [-0.39, 0.29) is 17.2 Å². The van der Waals surface area contributed by atoms with E-state index in [0.29, 0.717) is 22.7 Å². The number of aryl methyl sites for hydroxylation is 1. The fourth-order valence-corrected chi connectivity index (χ4v) is 3.17. The number of benzene rings is 2. The number of rotatable bonds is 6. The SMILES string of the molecule is COc1ccc(CC(=O)Nc2ccc(C)c(S(N)(=O)=O)c2)cc1OC. The van der Waals surface area contributed by atoms with Crippen LogP contribution in [0.25, 0.3) is 0 Å². The van der Waals surface area contributed by atoms with E-state index < -0.39 is 10.0 Å². The minimum atomic E-state index is -3.85. The first-order valence-corrected chi connectivity index (χ1v) is 8.93. The van der Waals surface area contributed by atoms with Crippen molar-refractivity contribution in [1.29, 1.82) is 0 Å². The first-order chi connectivity index (χ1) is 11.7. The van der Waals surface area contributed by atoms with Crippen LogP contribution in [0, 0.1) is 6.92 Å². The third-order valence-corrected chi connectivity index (χ3v) is 4.64. The van der Waals surface area contributed by atoms with Gasteiger partial charge in [0.2, 0.25) is 15.9 Å². The van der Waals surface area contributed by atoms with Gasteiger partial charge in [0.05, 0.1) is 25.5 Å². The Kier molecular flexibility index (Phi) is 5.66. The van der Waals surface area contributed by atoms with E-state index in [1.807, 2.05) is 0 Å². The molecule has 0 radical (unpaired) electrons. The minimum absolute atomic E-state index is 0.0172. The number of nitrogens with two attached hydrogens (primary N) is 1. The minimum Gasteiger partial charge on any atom is -0.493 e. The van der Waals surface area contributed by atoms with Gasteiger partial charge in [-0.3, -0.25) is 4.79 Å². The maximum atomic E-state index is 12.2. The third kappa shape index (κ3) is 4.71. The van der Waals surface area contributed by atoms with E-state index in [0.717, 1.165) is 5.56 Å². The lowest BCUT2D eigenvalue weighted by molar-refractivity contribution is -0.115. The van der Waals surface area contributed by atoms with Crippen molar-refractivity contribution in [1.82, 2.24) is 0 Å². The van der Waals surface area contributed by atoms with Crippen molar-refractivity contribution in [2.45, 2.75) is 18.2 Å². The van der Waals surface area contributed by atoms with E-state index in [1.54, 1.807) is 37.3 Å². The van der Waals surface area contributed by atoms with Gasteiger partial charge in [0.15, 0.2) is 11.5 Å². The maximum Gasteiger partial charge on any atom is 0.238 e. The van der Waals surface area contributed by atoms with Crippen LogP contribution in [0.5, 0.6) is 11.5 Å². The molecule has 0 aliphatic rings. The lowest BCUT2D eigenvalue weighted by atomic mass is 10.1. The number of carbonyl (C=O) groups excluding carboxylic acids is 1. The molecule has 0 spiro atoms. The molecule has 25 heavy (non-hydrogen) atoms. The number of ether oxygens (including phenoxy) is 2. The molecule has 3 N–H and O–H groups in total. The number of hydrogen-bond donors (Lipinski definition) is 2. The molecular weight excluding hydrogens is 344 g/mol. The van der Waals surface area contributed by atoms with E-state index in [1.165, 1.54) is 20.3 Å². The van der Waals surface area contributed by atoms with Crippen LogP contribution in [0.3, 0.4) is 0 Å². The van der Waals surface area contributed by atoms with Gasteiger partial charge in [0.25, 0.3) is 0 Å². The molecule has 2 rings (SSSR count). The largest absolute Gasteiger partial charge is 0.493 e. The number of sulfonamides is 1. The van der Waals surface area contributed by atoms with Crippen LogP contribution in [-0.2, 0) is 21.2 Å². The number of carbonyl (C=O) groups is 1. The number of hydrogen-bond acceptors (Lipinski definition) is 5. The zero-order valence-electron chi connectivity index (χ0n) is 14.2. The zero-order chi connectivity index (χ0) is 18.6. The Morgan fingerprint density at radius 2 is 1.76 bits per heavy atom. The summed E-state index contributed by atoms with van der Waals surface area (Å²) in [6.45, 7) is 1.63. The molecular formula is C17H20N2O5S. The van der Waals surface area contributed by atoms with Crippen molar-refractivity contribution in [2.75, 3.05) is 19.5 Å². The molecule has 0 saturated carbocycles. The molecule has 2 aromatic carbocycles. The second-order valence-corrected chi connectivity index (χ2v) is 6.97. The van der Waals surface area contributed by atoms with Crippen LogP contribution in [0.1, 0.15) is 11.1 Å². The summed E-state index contributed by atoms with van der Waals surface area (Å²) in [6.07, 6.45) is 0.0962. The number of amides is 1. The quantitative estimate of drug-likeness (QED) is 0.813. The number of anilines is 1. The molecule has 0 heterocycles. The Hall–Kier alpha value is -2.58. The summed E-state index contributed by atoms with van der Waals surface area (Å²) >= 11 is 0. The van der Waals surface area contributed by atoms with Crippen LogP contribution in [-0.4, -0.2) is 28.5 Å². The summed E-state index contributed by atoms with van der Waals surface area (Å²) in [4.78, 5) is 12.2. The Labute approximate surface area is 146 Å². The van der Waals surface area contributed by atoms with E-state index in [2.05, 4.69) is 5.32 Å². The van der Waals surface area contributed by atoms with E-state index >= 15 is 0 Å². The average molecular weight is 364 g/mol. The molecule has 0 bridgehead atoms. The highest BCUT2D eigenvalue weighted by molar-refractivity contribution is 7.89. The Balaban J connectivity index is 2.16. The fraction of sp³-hybridized carbons (Fsp3) is 0.235. The van der Waals surface area contributed by atoms with Crippen molar-refractivity contribution in [3.05, 3.63) is 47.5 Å². The summed E-state index contributed by atoms with van der Waals surface area (Å²) in [6, 6.07) is 9.74. The van der Waals surface area contributed by atoms with E-state index in [4.69, 9.17) is 14.6 Å². The number of primary sulfonamides is 1. The van der Waals surface area contributed by atoms with Crippen molar-refractivity contribution < 1.29 is 22.7 Å². The Morgan fingerprint density at radius 1 is 1.08 bits per heavy atom. The standard InChI is InChI=1S/C17H20N2O5S/c1-11-4-6-13(10-16(11)25(18,21)22)19-17(20)9-12-5-7-14(23-2)15(8-12)24-3/h4-8,10H,9H2,1-3H3,(H,19,20)(H2,18,21,22). The van der Waals surface area contributed by atoms with Crippen molar-refractivity contribution in [2.24, 2.45) is 5.14 Å². The highest BCUT2D eigenvalue weighted by Crippen LogP contribution is 2.28. The monoisotopic (exact) mass is 364 g/mol. The Morgan fingerprint density at radius 3 is 2.36 bits per heavy atom. The predicted molar refractivity (Wildman–Crippen MR) is 94.4 cm³/mol. The molecule has 8 heteroatoms. The van der Waals surface area contributed by atoms with Gasteiger partial charge in [0, 0.05) is 5.69 Å². The molecule has 7 nitrogen and oxygen atoms in total. The van der Waals surface area contributed by atoms with Crippen LogP contribution in [0.15, 0.2) is 41.3 Å². The Bertz CT molecular complexity index is 894. The second-order valence-electron chi connectivity index (χ2n) is 5.44. The average Bonchev–Trinajstić information content (AvgIpc) is 2.55. The number of nitrogens with one attached hydrogen (secondary N) is 1. The summed E-state index contributed by atoms with van der Waals surface area (Å²) in [7, 11) is -0.800. The lowest BCUT2D eigenvalue weighted by Gasteiger charge is -2.11. The maximum absolute atomic E-state index is 12.2. The van der Waals surface area contributed by atoms with Crippen LogP contribution >= 0.6 is 0 Å². The van der Waals surface area contributed by atoms with Gasteiger partial charge in [-0.05, 0) is 42.3 Å². The molecule has 1 amide bonds. The molecule has 0 aliphatic carbocycles. The highest BCUT2D eigenvalue weighted by atomic mass is 32.2. The summed E-state index contributed by atoms with van der Waals surface area (Å²) in [5.74, 6) is 0.805. The molecule has 0 aromatic heterocycles. The molecule has 0 saturated heterocycles. The van der Waals surface area contributed by atoms with Gasteiger partial charge in [-0.2, -0.15) is 0 Å². The van der Waals surface area contributed by atoms with Gasteiger partial charge in [0.1, 0.15) is 0 Å². The van der Waals surface area contributed by atoms with Gasteiger partial charge in [-0.15, -0.1) is 0 Å². The lowest BCUT2D eigenvalue weighted by Crippen LogP contribution is -2.17. The molecule has 0 aliphatic heterocycles. The van der Waals surface area contributed by atoms with Crippen molar-refractivity contribution >= 4 is 21.6 Å². The smallest absolute Gasteiger partial charge is 0.238 e. The zero-order valence-corrected chi connectivity index (χ0v) is 15.0. The van der Waals surface area contributed by atoms with Gasteiger partial charge >= 0.3 is 0 Å². The third-order valence-electron chi connectivity index (χ3n) is 3.59. The van der Waals surface area contributed by atoms with Crippen LogP contribution in [0.2, 0.25) is 0 Å². The summed E-state index contributed by atoms with van der Waals surface area (Å²) in [5.41, 5.74) is 1.61. The molecule has 134 valence electrons. The predicted octanol–water partition coefficient (Wildman–Crippen LogP) is 1.84.